The molecule has 0 aromatic rings. The molecule has 0 amide bonds. The van der Waals surface area contributed by atoms with Crippen molar-refractivity contribution in [2.24, 2.45) is 5.92 Å². The summed E-state index contributed by atoms with van der Waals surface area (Å²) in [5, 5.41) is 8.86. The van der Waals surface area contributed by atoms with E-state index in [4.69, 9.17) is 14.6 Å². The van der Waals surface area contributed by atoms with E-state index in [9.17, 15) is 4.79 Å². The minimum Gasteiger partial charge on any atom is -0.479 e. The minimum atomic E-state index is -0.842. The molecule has 0 radical (unpaired) electrons. The molecule has 1 atom stereocenters. The Morgan fingerprint density at radius 1 is 1.40 bits per heavy atom. The van der Waals surface area contributed by atoms with E-state index in [0.717, 1.165) is 32.3 Å². The van der Waals surface area contributed by atoms with E-state index < -0.39 is 12.1 Å². The highest BCUT2D eigenvalue weighted by Crippen LogP contribution is 2.34. The Morgan fingerprint density at radius 3 is 2.67 bits per heavy atom. The van der Waals surface area contributed by atoms with Crippen molar-refractivity contribution in [3.8, 4) is 0 Å². The second-order valence-electron chi connectivity index (χ2n) is 3.93. The van der Waals surface area contributed by atoms with Gasteiger partial charge in [0.1, 0.15) is 0 Å². The number of unbranched alkanes of at least 4 members (excludes halogenated alkanes) is 1. The Labute approximate surface area is 90.6 Å². The van der Waals surface area contributed by atoms with Gasteiger partial charge in [0.05, 0.1) is 13.2 Å². The molecule has 0 spiro atoms. The average Bonchev–Trinajstić information content (AvgIpc) is 3.00. The molecule has 0 bridgehead atoms. The van der Waals surface area contributed by atoms with Gasteiger partial charge in [-0.25, -0.2) is 4.79 Å². The van der Waals surface area contributed by atoms with Crippen LogP contribution in [0.4, 0.5) is 0 Å². The van der Waals surface area contributed by atoms with Gasteiger partial charge in [0, 0.05) is 6.61 Å². The summed E-state index contributed by atoms with van der Waals surface area (Å²) in [4.78, 5) is 10.8. The molecule has 0 heterocycles. The van der Waals surface area contributed by atoms with Crippen LogP contribution in [0, 0.1) is 5.92 Å². The first kappa shape index (κ1) is 12.5. The van der Waals surface area contributed by atoms with E-state index in [2.05, 4.69) is 6.92 Å². The smallest absolute Gasteiger partial charge is 0.333 e. The first-order valence-electron chi connectivity index (χ1n) is 5.68. The summed E-state index contributed by atoms with van der Waals surface area (Å²) in [6, 6.07) is 0. The molecule has 4 heteroatoms. The lowest BCUT2D eigenvalue weighted by atomic mass is 10.2. The van der Waals surface area contributed by atoms with Gasteiger partial charge in [-0.15, -0.1) is 0 Å². The van der Waals surface area contributed by atoms with E-state index in [-0.39, 0.29) is 5.92 Å². The van der Waals surface area contributed by atoms with Crippen molar-refractivity contribution in [2.75, 3.05) is 19.8 Å². The van der Waals surface area contributed by atoms with E-state index in [1.165, 1.54) is 0 Å². The standard InChI is InChI=1S/C11H20O4/c1-2-3-6-14-7-8-15-10(11(12)13)9-4-5-9/h9-10H,2-8H2,1H3,(H,12,13). The number of hydrogen-bond acceptors (Lipinski definition) is 3. The predicted molar refractivity (Wildman–Crippen MR) is 55.8 cm³/mol. The van der Waals surface area contributed by atoms with E-state index in [1.54, 1.807) is 0 Å². The summed E-state index contributed by atoms with van der Waals surface area (Å²) in [6.07, 6.45) is 3.51. The van der Waals surface area contributed by atoms with Crippen LogP contribution >= 0.6 is 0 Å². The Hall–Kier alpha value is -0.610. The lowest BCUT2D eigenvalue weighted by Gasteiger charge is -2.12. The maximum absolute atomic E-state index is 10.8. The number of ether oxygens (including phenoxy) is 2. The fourth-order valence-electron chi connectivity index (χ4n) is 1.39. The number of carbonyl (C=O) groups is 1. The predicted octanol–water partition coefficient (Wildman–Crippen LogP) is 1.68. The van der Waals surface area contributed by atoms with Crippen LogP contribution in [0.5, 0.6) is 0 Å². The number of rotatable bonds is 9. The topological polar surface area (TPSA) is 55.8 Å². The van der Waals surface area contributed by atoms with Gasteiger partial charge in [-0.1, -0.05) is 13.3 Å². The number of hydrogen-bond donors (Lipinski definition) is 1. The van der Waals surface area contributed by atoms with Crippen molar-refractivity contribution < 1.29 is 19.4 Å². The quantitative estimate of drug-likeness (QED) is 0.596. The second kappa shape index (κ2) is 6.80. The Morgan fingerprint density at radius 2 is 2.13 bits per heavy atom. The molecule has 1 rings (SSSR count). The number of carboxylic acid groups (broad SMARTS) is 1. The summed E-state index contributed by atoms with van der Waals surface area (Å²) < 4.78 is 10.6. The van der Waals surface area contributed by atoms with Crippen molar-refractivity contribution in [3.05, 3.63) is 0 Å². The van der Waals surface area contributed by atoms with Crippen molar-refractivity contribution in [1.82, 2.24) is 0 Å². The molecular weight excluding hydrogens is 196 g/mol. The first-order chi connectivity index (χ1) is 7.25. The highest BCUT2D eigenvalue weighted by molar-refractivity contribution is 5.73. The first-order valence-corrected chi connectivity index (χ1v) is 5.68. The van der Waals surface area contributed by atoms with Crippen LogP contribution in [0.15, 0.2) is 0 Å². The third-order valence-corrected chi connectivity index (χ3v) is 2.46. The Balaban J connectivity index is 1.99. The zero-order valence-corrected chi connectivity index (χ0v) is 9.28. The minimum absolute atomic E-state index is 0.234. The van der Waals surface area contributed by atoms with Crippen LogP contribution < -0.4 is 0 Å². The summed E-state index contributed by atoms with van der Waals surface area (Å²) in [6.45, 7) is 3.72. The van der Waals surface area contributed by atoms with Gasteiger partial charge in [0.15, 0.2) is 6.10 Å². The van der Waals surface area contributed by atoms with Gasteiger partial charge in [-0.2, -0.15) is 0 Å². The lowest BCUT2D eigenvalue weighted by molar-refractivity contribution is -0.152. The zero-order chi connectivity index (χ0) is 11.1. The summed E-state index contributed by atoms with van der Waals surface area (Å²) in [5.41, 5.74) is 0. The van der Waals surface area contributed by atoms with E-state index in [0.29, 0.717) is 13.2 Å². The van der Waals surface area contributed by atoms with Crippen LogP contribution in [0.2, 0.25) is 0 Å². The molecule has 1 saturated carbocycles. The molecule has 0 aromatic carbocycles. The molecule has 15 heavy (non-hydrogen) atoms. The van der Waals surface area contributed by atoms with Gasteiger partial charge in [-0.05, 0) is 25.2 Å². The van der Waals surface area contributed by atoms with Gasteiger partial charge >= 0.3 is 5.97 Å². The highest BCUT2D eigenvalue weighted by atomic mass is 16.5. The van der Waals surface area contributed by atoms with Gasteiger partial charge in [-0.3, -0.25) is 0 Å². The molecule has 0 saturated heterocycles. The molecule has 1 aliphatic rings. The summed E-state index contributed by atoms with van der Waals surface area (Å²) in [7, 11) is 0. The molecule has 0 aliphatic heterocycles. The number of aliphatic carboxylic acids is 1. The Kier molecular flexibility index (Phi) is 5.65. The third-order valence-electron chi connectivity index (χ3n) is 2.46. The van der Waals surface area contributed by atoms with Gasteiger partial charge < -0.3 is 14.6 Å². The normalized spacial score (nSPS) is 17.7. The maximum atomic E-state index is 10.8. The van der Waals surface area contributed by atoms with E-state index in [1.807, 2.05) is 0 Å². The average molecular weight is 216 g/mol. The molecule has 88 valence electrons. The van der Waals surface area contributed by atoms with E-state index >= 15 is 0 Å². The monoisotopic (exact) mass is 216 g/mol. The van der Waals surface area contributed by atoms with Crippen LogP contribution in [0.25, 0.3) is 0 Å². The fourth-order valence-corrected chi connectivity index (χ4v) is 1.39. The lowest BCUT2D eigenvalue weighted by Crippen LogP contribution is -2.27. The molecule has 1 unspecified atom stereocenters. The maximum Gasteiger partial charge on any atom is 0.333 e. The Bertz CT molecular complexity index is 189. The van der Waals surface area contributed by atoms with Crippen molar-refractivity contribution in [2.45, 2.75) is 38.7 Å². The van der Waals surface area contributed by atoms with Crippen LogP contribution in [0.1, 0.15) is 32.6 Å². The molecule has 4 nitrogen and oxygen atoms in total. The third kappa shape index (κ3) is 5.14. The van der Waals surface area contributed by atoms with Gasteiger partial charge in [0.25, 0.3) is 0 Å². The van der Waals surface area contributed by atoms with Crippen molar-refractivity contribution in [1.29, 1.82) is 0 Å². The highest BCUT2D eigenvalue weighted by Gasteiger charge is 2.36. The van der Waals surface area contributed by atoms with Gasteiger partial charge in [0.2, 0.25) is 0 Å². The SMILES string of the molecule is CCCCOCCOC(C(=O)O)C1CC1. The molecule has 0 aromatic heterocycles. The molecule has 1 fully saturated rings. The summed E-state index contributed by atoms with van der Waals surface area (Å²) in [5.74, 6) is -0.607. The molecule has 1 N–H and O–H groups in total. The molecule has 1 aliphatic carbocycles. The fraction of sp³-hybridized carbons (Fsp3) is 0.909. The zero-order valence-electron chi connectivity index (χ0n) is 9.28. The number of carboxylic acids is 1. The molecular formula is C11H20O4. The van der Waals surface area contributed by atoms with Crippen LogP contribution in [-0.2, 0) is 14.3 Å². The van der Waals surface area contributed by atoms with Crippen LogP contribution in [-0.4, -0.2) is 37.0 Å². The van der Waals surface area contributed by atoms with Crippen molar-refractivity contribution >= 4 is 5.97 Å². The summed E-state index contributed by atoms with van der Waals surface area (Å²) >= 11 is 0. The van der Waals surface area contributed by atoms with Crippen molar-refractivity contribution in [3.63, 3.8) is 0 Å². The van der Waals surface area contributed by atoms with Crippen LogP contribution in [0.3, 0.4) is 0 Å². The largest absolute Gasteiger partial charge is 0.479 e. The second-order valence-corrected chi connectivity index (χ2v) is 3.93.